The number of likely N-dealkylation sites (N-methyl/N-ethyl adjacent to an activating group) is 1. The van der Waals surface area contributed by atoms with Crippen LogP contribution in [0.4, 0.5) is 10.1 Å². The lowest BCUT2D eigenvalue weighted by atomic mass is 10.1. The summed E-state index contributed by atoms with van der Waals surface area (Å²) < 4.78 is 16.7. The highest BCUT2D eigenvalue weighted by atomic mass is 19.1. The summed E-state index contributed by atoms with van der Waals surface area (Å²) in [5, 5.41) is 6.78. The van der Waals surface area contributed by atoms with Crippen molar-refractivity contribution in [1.82, 2.24) is 24.6 Å². The van der Waals surface area contributed by atoms with E-state index in [1.807, 2.05) is 0 Å². The molecule has 1 aliphatic heterocycles. The number of anilines is 1. The number of carbonyl (C=O) groups is 2. The number of aromatic nitrogens is 4. The number of amides is 2. The van der Waals surface area contributed by atoms with Gasteiger partial charge in [0.25, 0.3) is 11.5 Å². The minimum atomic E-state index is -0.793. The minimum Gasteiger partial charge on any atom is -0.337 e. The Labute approximate surface area is 177 Å². The molecule has 0 unspecified atom stereocenters. The Morgan fingerprint density at radius 1 is 1.19 bits per heavy atom. The van der Waals surface area contributed by atoms with Gasteiger partial charge in [-0.1, -0.05) is 18.2 Å². The number of hydrogen-bond donors (Lipinski definition) is 1. The van der Waals surface area contributed by atoms with Gasteiger partial charge in [0.2, 0.25) is 11.7 Å². The maximum Gasteiger partial charge on any atom is 0.291 e. The van der Waals surface area contributed by atoms with Gasteiger partial charge in [0.1, 0.15) is 18.2 Å². The second-order valence-electron chi connectivity index (χ2n) is 7.38. The second kappa shape index (κ2) is 8.13. The molecule has 0 saturated heterocycles. The Hall–Kier alpha value is -3.82. The number of nitrogens with zero attached hydrogens (tertiary/aromatic N) is 5. The van der Waals surface area contributed by atoms with Crippen LogP contribution in [0.3, 0.4) is 0 Å². The van der Waals surface area contributed by atoms with E-state index in [-0.39, 0.29) is 29.7 Å². The van der Waals surface area contributed by atoms with Gasteiger partial charge in [0.05, 0.1) is 12.2 Å². The summed E-state index contributed by atoms with van der Waals surface area (Å²) in [4.78, 5) is 42.9. The molecule has 9 nitrogen and oxygen atoms in total. The molecule has 0 saturated carbocycles. The van der Waals surface area contributed by atoms with E-state index in [0.29, 0.717) is 24.1 Å². The lowest BCUT2D eigenvalue weighted by Gasteiger charge is -2.22. The summed E-state index contributed by atoms with van der Waals surface area (Å²) in [6.07, 6.45) is 2.11. The zero-order valence-corrected chi connectivity index (χ0v) is 17.1. The van der Waals surface area contributed by atoms with Crippen molar-refractivity contribution < 1.29 is 14.0 Å². The molecule has 2 amide bonds. The first-order valence-electron chi connectivity index (χ1n) is 9.75. The fraction of sp³-hybridized carbons (Fsp3) is 0.286. The van der Waals surface area contributed by atoms with Crippen molar-refractivity contribution in [3.05, 3.63) is 76.0 Å². The van der Waals surface area contributed by atoms with Gasteiger partial charge in [0.15, 0.2) is 0 Å². The second-order valence-corrected chi connectivity index (χ2v) is 7.38. The van der Waals surface area contributed by atoms with Crippen molar-refractivity contribution in [3.8, 4) is 0 Å². The number of fused-ring (bicyclic) bond motifs is 1. The number of benzene rings is 1. The molecule has 1 aromatic carbocycles. The molecule has 10 heteroatoms. The summed E-state index contributed by atoms with van der Waals surface area (Å²) in [6, 6.07) is 8.52. The summed E-state index contributed by atoms with van der Waals surface area (Å²) in [7, 11) is 3.27. The number of hydrogen-bond acceptors (Lipinski definition) is 5. The summed E-state index contributed by atoms with van der Waals surface area (Å²) in [6.45, 7) is 0.126. The van der Waals surface area contributed by atoms with Crippen LogP contribution in [0.1, 0.15) is 28.3 Å². The molecule has 1 atom stereocenters. The molecule has 0 spiro atoms. The third-order valence-electron chi connectivity index (χ3n) is 5.41. The number of carbonyl (C=O) groups excluding carboxylic acids is 2. The molecular formula is C21H21FN6O3. The summed E-state index contributed by atoms with van der Waals surface area (Å²) >= 11 is 0. The van der Waals surface area contributed by atoms with E-state index >= 15 is 0 Å². The first-order valence-corrected chi connectivity index (χ1v) is 9.75. The van der Waals surface area contributed by atoms with Gasteiger partial charge in [-0.2, -0.15) is 0 Å². The summed E-state index contributed by atoms with van der Waals surface area (Å²) in [5.41, 5.74) is 1.62. The lowest BCUT2D eigenvalue weighted by molar-refractivity contribution is -0.120. The number of rotatable bonds is 4. The van der Waals surface area contributed by atoms with Crippen molar-refractivity contribution in [2.24, 2.45) is 7.05 Å². The first-order chi connectivity index (χ1) is 14.8. The van der Waals surface area contributed by atoms with Crippen molar-refractivity contribution in [2.75, 3.05) is 11.9 Å². The largest absolute Gasteiger partial charge is 0.337 e. The van der Waals surface area contributed by atoms with Gasteiger partial charge in [-0.3, -0.25) is 14.4 Å². The van der Waals surface area contributed by atoms with Gasteiger partial charge in [-0.15, -0.1) is 5.10 Å². The van der Waals surface area contributed by atoms with Crippen molar-refractivity contribution in [2.45, 2.75) is 25.4 Å². The molecule has 0 aliphatic carbocycles. The van der Waals surface area contributed by atoms with Crippen molar-refractivity contribution >= 4 is 17.5 Å². The van der Waals surface area contributed by atoms with Crippen LogP contribution >= 0.6 is 0 Å². The number of halogens is 1. The molecule has 0 bridgehead atoms. The van der Waals surface area contributed by atoms with E-state index in [0.717, 1.165) is 5.69 Å². The van der Waals surface area contributed by atoms with Crippen LogP contribution in [-0.4, -0.2) is 44.2 Å². The lowest BCUT2D eigenvalue weighted by Crippen LogP contribution is -2.47. The minimum absolute atomic E-state index is 0.110. The smallest absolute Gasteiger partial charge is 0.291 e. The predicted octanol–water partition coefficient (Wildman–Crippen LogP) is 0.872. The van der Waals surface area contributed by atoms with Crippen molar-refractivity contribution in [1.29, 1.82) is 0 Å². The Morgan fingerprint density at radius 3 is 2.74 bits per heavy atom. The topological polar surface area (TPSA) is 102 Å². The molecule has 2 aromatic heterocycles. The third-order valence-corrected chi connectivity index (χ3v) is 5.41. The highest BCUT2D eigenvalue weighted by Gasteiger charge is 2.31. The molecule has 3 aromatic rings. The summed E-state index contributed by atoms with van der Waals surface area (Å²) in [5.74, 6) is -1.37. The SMILES string of the molecule is CN1C(=O)[C@H](NC(=O)c2ncn(Cc3ccccc3F)n2)CCc2c1ccc(=O)n2C. The third kappa shape index (κ3) is 3.96. The standard InChI is InChI=1S/C21H21FN6O3/c1-26-16-8-7-15(21(31)27(2)17(16)9-10-18(26)29)24-20(30)19-23-12-28(25-19)11-13-5-3-4-6-14(13)22/h3-6,9-10,12,15H,7-8,11H2,1-2H3,(H,24,30)/t15-/m1/s1. The highest BCUT2D eigenvalue weighted by molar-refractivity contribution is 6.01. The molecule has 0 radical (unpaired) electrons. The molecule has 1 N–H and O–H groups in total. The fourth-order valence-corrected chi connectivity index (χ4v) is 3.65. The van der Waals surface area contributed by atoms with Crippen LogP contribution in [0.25, 0.3) is 0 Å². The monoisotopic (exact) mass is 424 g/mol. The normalized spacial score (nSPS) is 16.0. The predicted molar refractivity (Wildman–Crippen MR) is 110 cm³/mol. The van der Waals surface area contributed by atoms with E-state index < -0.39 is 11.9 Å². The molecular weight excluding hydrogens is 403 g/mol. The molecule has 160 valence electrons. The van der Waals surface area contributed by atoms with E-state index in [9.17, 15) is 18.8 Å². The Balaban J connectivity index is 1.48. The van der Waals surface area contributed by atoms with Gasteiger partial charge in [-0.25, -0.2) is 14.1 Å². The van der Waals surface area contributed by atoms with Crippen LogP contribution in [0.2, 0.25) is 0 Å². The van der Waals surface area contributed by atoms with Crippen LogP contribution in [0.5, 0.6) is 0 Å². The van der Waals surface area contributed by atoms with E-state index in [2.05, 4.69) is 15.4 Å². The van der Waals surface area contributed by atoms with Crippen LogP contribution in [0.15, 0.2) is 47.5 Å². The molecule has 31 heavy (non-hydrogen) atoms. The van der Waals surface area contributed by atoms with Crippen LogP contribution in [-0.2, 0) is 24.8 Å². The van der Waals surface area contributed by atoms with E-state index in [4.69, 9.17) is 0 Å². The first kappa shape index (κ1) is 20.5. The maximum atomic E-state index is 13.8. The van der Waals surface area contributed by atoms with Gasteiger partial charge in [-0.05, 0) is 25.0 Å². The average molecular weight is 424 g/mol. The van der Waals surface area contributed by atoms with Crippen LogP contribution < -0.4 is 15.8 Å². The number of nitrogens with one attached hydrogen (secondary N) is 1. The molecule has 3 heterocycles. The Kier molecular flexibility index (Phi) is 5.37. The molecule has 4 rings (SSSR count). The van der Waals surface area contributed by atoms with Crippen LogP contribution in [0, 0.1) is 5.82 Å². The fourth-order valence-electron chi connectivity index (χ4n) is 3.65. The quantitative estimate of drug-likeness (QED) is 0.670. The van der Waals surface area contributed by atoms with Gasteiger partial charge in [0, 0.05) is 31.4 Å². The number of pyridine rings is 1. The van der Waals surface area contributed by atoms with E-state index in [1.165, 1.54) is 32.6 Å². The Bertz CT molecular complexity index is 1220. The van der Waals surface area contributed by atoms with Crippen molar-refractivity contribution in [3.63, 3.8) is 0 Å². The average Bonchev–Trinajstić information content (AvgIpc) is 3.18. The molecule has 1 aliphatic rings. The maximum absolute atomic E-state index is 13.8. The zero-order chi connectivity index (χ0) is 22.1. The zero-order valence-electron chi connectivity index (χ0n) is 17.1. The highest BCUT2D eigenvalue weighted by Crippen LogP contribution is 2.24. The Morgan fingerprint density at radius 2 is 1.97 bits per heavy atom. The van der Waals surface area contributed by atoms with E-state index in [1.54, 1.807) is 38.4 Å². The van der Waals surface area contributed by atoms with Gasteiger partial charge >= 0.3 is 0 Å². The molecule has 0 fully saturated rings. The van der Waals surface area contributed by atoms with Gasteiger partial charge < -0.3 is 14.8 Å².